The van der Waals surface area contributed by atoms with Crippen molar-refractivity contribution in [2.75, 3.05) is 0 Å². The minimum absolute atomic E-state index is 1.30. The van der Waals surface area contributed by atoms with E-state index in [1.54, 1.807) is 16.9 Å². The van der Waals surface area contributed by atoms with Crippen molar-refractivity contribution in [3.63, 3.8) is 0 Å². The Morgan fingerprint density at radius 3 is 2.08 bits per heavy atom. The van der Waals surface area contributed by atoms with Crippen LogP contribution in [-0.4, -0.2) is 16.9 Å². The van der Waals surface area contributed by atoms with Crippen LogP contribution in [0.4, 0.5) is 0 Å². The molecule has 0 nitrogen and oxygen atoms in total. The standard InChI is InChI=1S/C11H23As/c1-2-3-4-5-6-7-8-9-10-11-12/h10-11H,2-9,12H2,1H3. The Balaban J connectivity index is 2.81. The van der Waals surface area contributed by atoms with E-state index in [0.29, 0.717) is 0 Å². The van der Waals surface area contributed by atoms with E-state index in [-0.39, 0.29) is 0 Å². The molecule has 0 radical (unpaired) electrons. The maximum atomic E-state index is 2.30. The molecule has 0 amide bonds. The molecule has 0 saturated heterocycles. The number of hydrogen-bond acceptors (Lipinski definition) is 0. The van der Waals surface area contributed by atoms with Crippen LogP contribution < -0.4 is 0 Å². The summed E-state index contributed by atoms with van der Waals surface area (Å²) in [6.07, 6.45) is 13.6. The van der Waals surface area contributed by atoms with Crippen LogP contribution in [-0.2, 0) is 0 Å². The quantitative estimate of drug-likeness (QED) is 0.443. The zero-order chi connectivity index (χ0) is 9.07. The summed E-state index contributed by atoms with van der Waals surface area (Å²) in [6, 6.07) is 0. The first-order valence-electron chi connectivity index (χ1n) is 5.28. The summed E-state index contributed by atoms with van der Waals surface area (Å²) >= 11 is 1.71. The molecule has 0 N–H and O–H groups in total. The average Bonchev–Trinajstić information content (AvgIpc) is 2.10. The van der Waals surface area contributed by atoms with Gasteiger partial charge < -0.3 is 0 Å². The first-order valence-corrected chi connectivity index (χ1v) is 6.68. The summed E-state index contributed by atoms with van der Waals surface area (Å²) in [7, 11) is 0. The number of rotatable bonds is 8. The van der Waals surface area contributed by atoms with Gasteiger partial charge in [-0.3, -0.25) is 0 Å². The third-order valence-corrected chi connectivity index (χ3v) is 2.68. The molecule has 0 aromatic carbocycles. The molecule has 1 atom stereocenters. The molecule has 12 heavy (non-hydrogen) atoms. The van der Waals surface area contributed by atoms with Gasteiger partial charge in [0.15, 0.2) is 0 Å². The Kier molecular flexibility index (Phi) is 11.6. The number of unbranched alkanes of at least 4 members (excludes halogenated alkanes) is 7. The average molecular weight is 230 g/mol. The van der Waals surface area contributed by atoms with Gasteiger partial charge >= 0.3 is 86.1 Å². The molecule has 1 heteroatoms. The molecule has 0 aliphatic carbocycles. The van der Waals surface area contributed by atoms with E-state index < -0.39 is 0 Å². The molecule has 0 heterocycles. The van der Waals surface area contributed by atoms with Gasteiger partial charge in [-0.25, -0.2) is 0 Å². The second-order valence-electron chi connectivity index (χ2n) is 3.34. The zero-order valence-corrected chi connectivity index (χ0v) is 10.8. The van der Waals surface area contributed by atoms with E-state index in [2.05, 4.69) is 17.9 Å². The Labute approximate surface area is 86.3 Å². The third kappa shape index (κ3) is 10.3. The van der Waals surface area contributed by atoms with Gasteiger partial charge in [0, 0.05) is 0 Å². The first-order chi connectivity index (χ1) is 5.91. The molecule has 0 aliphatic heterocycles. The van der Waals surface area contributed by atoms with Gasteiger partial charge in [-0.05, 0) is 0 Å². The second-order valence-corrected chi connectivity index (χ2v) is 4.15. The van der Waals surface area contributed by atoms with Gasteiger partial charge in [-0.2, -0.15) is 0 Å². The minimum atomic E-state index is 1.30. The summed E-state index contributed by atoms with van der Waals surface area (Å²) in [5.74, 6) is 0. The van der Waals surface area contributed by atoms with Crippen LogP contribution in [0.15, 0.2) is 10.9 Å². The summed E-state index contributed by atoms with van der Waals surface area (Å²) in [6.45, 7) is 2.27. The van der Waals surface area contributed by atoms with Gasteiger partial charge in [0.1, 0.15) is 0 Å². The molecule has 0 aliphatic rings. The van der Waals surface area contributed by atoms with Crippen molar-refractivity contribution in [3.8, 4) is 0 Å². The molecule has 0 aromatic heterocycles. The van der Waals surface area contributed by atoms with E-state index >= 15 is 0 Å². The third-order valence-electron chi connectivity index (χ3n) is 2.11. The van der Waals surface area contributed by atoms with Crippen LogP contribution in [0.5, 0.6) is 0 Å². The van der Waals surface area contributed by atoms with Gasteiger partial charge in [-0.1, -0.05) is 0 Å². The van der Waals surface area contributed by atoms with Crippen LogP contribution in [0.25, 0.3) is 0 Å². The van der Waals surface area contributed by atoms with E-state index in [1.165, 1.54) is 51.4 Å². The SMILES string of the molecule is CCCCCCCCCC=C[AsH2]. The molecule has 72 valence electrons. The Bertz CT molecular complexity index is 97.2. The normalized spacial score (nSPS) is 11.2. The molecular weight excluding hydrogens is 207 g/mol. The van der Waals surface area contributed by atoms with Gasteiger partial charge in [0.25, 0.3) is 0 Å². The molecule has 0 saturated carbocycles. The fraction of sp³-hybridized carbons (Fsp3) is 0.818. The van der Waals surface area contributed by atoms with Crippen LogP contribution in [0.1, 0.15) is 58.3 Å². The van der Waals surface area contributed by atoms with Crippen molar-refractivity contribution in [1.29, 1.82) is 0 Å². The topological polar surface area (TPSA) is 0 Å². The summed E-state index contributed by atoms with van der Waals surface area (Å²) in [5.41, 5.74) is 0. The zero-order valence-electron chi connectivity index (χ0n) is 8.39. The van der Waals surface area contributed by atoms with Crippen LogP contribution in [0, 0.1) is 0 Å². The molecule has 0 aromatic rings. The summed E-state index contributed by atoms with van der Waals surface area (Å²) in [4.78, 5) is 2.21. The molecule has 0 rings (SSSR count). The van der Waals surface area contributed by atoms with Crippen molar-refractivity contribution in [2.45, 2.75) is 58.3 Å². The Hall–Kier alpha value is 0.298. The van der Waals surface area contributed by atoms with Crippen molar-refractivity contribution >= 4 is 16.9 Å². The van der Waals surface area contributed by atoms with Gasteiger partial charge in [0.2, 0.25) is 0 Å². The Morgan fingerprint density at radius 1 is 0.917 bits per heavy atom. The Morgan fingerprint density at radius 2 is 1.50 bits per heavy atom. The predicted molar refractivity (Wildman–Crippen MR) is 60.3 cm³/mol. The van der Waals surface area contributed by atoms with Crippen molar-refractivity contribution in [2.24, 2.45) is 0 Å². The van der Waals surface area contributed by atoms with Crippen LogP contribution >= 0.6 is 0 Å². The first kappa shape index (κ1) is 12.3. The summed E-state index contributed by atoms with van der Waals surface area (Å²) < 4.78 is 0. The fourth-order valence-electron chi connectivity index (χ4n) is 1.32. The van der Waals surface area contributed by atoms with E-state index in [0.717, 1.165) is 0 Å². The summed E-state index contributed by atoms with van der Waals surface area (Å²) in [5, 5.41) is 0. The number of hydrogen-bond donors (Lipinski definition) is 0. The van der Waals surface area contributed by atoms with Crippen LogP contribution in [0.3, 0.4) is 0 Å². The van der Waals surface area contributed by atoms with Gasteiger partial charge in [-0.15, -0.1) is 0 Å². The second kappa shape index (κ2) is 11.3. The molecule has 1 unspecified atom stereocenters. The van der Waals surface area contributed by atoms with E-state index in [1.807, 2.05) is 0 Å². The maximum absolute atomic E-state index is 2.30. The molecule has 0 fully saturated rings. The number of allylic oxidation sites excluding steroid dienone is 1. The van der Waals surface area contributed by atoms with E-state index in [9.17, 15) is 0 Å². The monoisotopic (exact) mass is 230 g/mol. The molecule has 0 bridgehead atoms. The van der Waals surface area contributed by atoms with Gasteiger partial charge in [0.05, 0.1) is 0 Å². The van der Waals surface area contributed by atoms with Crippen molar-refractivity contribution in [3.05, 3.63) is 10.9 Å². The fourth-order valence-corrected chi connectivity index (χ4v) is 1.72. The van der Waals surface area contributed by atoms with Crippen molar-refractivity contribution in [1.82, 2.24) is 0 Å². The molecular formula is C11H23As. The van der Waals surface area contributed by atoms with Crippen molar-refractivity contribution < 1.29 is 0 Å². The molecule has 0 spiro atoms. The predicted octanol–water partition coefficient (Wildman–Crippen LogP) is 3.27. The van der Waals surface area contributed by atoms with Crippen LogP contribution in [0.2, 0.25) is 0 Å². The van der Waals surface area contributed by atoms with E-state index in [4.69, 9.17) is 0 Å².